The van der Waals surface area contributed by atoms with Crippen molar-refractivity contribution < 1.29 is 9.59 Å². The van der Waals surface area contributed by atoms with E-state index in [0.29, 0.717) is 12.5 Å². The minimum atomic E-state index is -0.572. The molecule has 0 aromatic heterocycles. The second-order valence-corrected chi connectivity index (χ2v) is 5.43. The Balaban J connectivity index is 2.24. The van der Waals surface area contributed by atoms with Crippen LogP contribution in [0.2, 0.25) is 0 Å². The van der Waals surface area contributed by atoms with E-state index >= 15 is 0 Å². The summed E-state index contributed by atoms with van der Waals surface area (Å²) in [4.78, 5) is 27.7. The first kappa shape index (κ1) is 12.4. The van der Waals surface area contributed by atoms with Crippen molar-refractivity contribution in [1.29, 1.82) is 0 Å². The molecule has 0 radical (unpaired) electrons. The summed E-state index contributed by atoms with van der Waals surface area (Å²) in [7, 11) is 1.76. The summed E-state index contributed by atoms with van der Waals surface area (Å²) in [5, 5.41) is 3.24. The molecule has 2 heterocycles. The van der Waals surface area contributed by atoms with Crippen molar-refractivity contribution in [2.24, 2.45) is 5.92 Å². The summed E-state index contributed by atoms with van der Waals surface area (Å²) in [6, 6.07) is -0.134. The summed E-state index contributed by atoms with van der Waals surface area (Å²) >= 11 is 0. The fourth-order valence-electron chi connectivity index (χ4n) is 2.76. The molecule has 0 bridgehead atoms. The van der Waals surface area contributed by atoms with Gasteiger partial charge in [-0.05, 0) is 31.8 Å². The maximum absolute atomic E-state index is 12.5. The first-order chi connectivity index (χ1) is 7.99. The smallest absolute Gasteiger partial charge is 0.317 e. The van der Waals surface area contributed by atoms with Gasteiger partial charge in [-0.25, -0.2) is 4.79 Å². The average Bonchev–Trinajstić information content (AvgIpc) is 2.47. The lowest BCUT2D eigenvalue weighted by Gasteiger charge is -2.36. The highest BCUT2D eigenvalue weighted by molar-refractivity contribution is 6.07. The molecule has 0 unspecified atom stereocenters. The molecule has 2 saturated heterocycles. The third-order valence-electron chi connectivity index (χ3n) is 3.78. The van der Waals surface area contributed by atoms with Crippen molar-refractivity contribution in [3.8, 4) is 0 Å². The van der Waals surface area contributed by atoms with Gasteiger partial charge in [-0.15, -0.1) is 0 Å². The third kappa shape index (κ3) is 1.82. The molecule has 0 aromatic carbocycles. The SMILES string of the molecule is CC(C)CN1C(=O)N(C)C2(CCNCC2)C1=O. The Morgan fingerprint density at radius 1 is 1.29 bits per heavy atom. The van der Waals surface area contributed by atoms with Crippen molar-refractivity contribution in [2.45, 2.75) is 32.2 Å². The number of imide groups is 1. The Morgan fingerprint density at radius 3 is 2.41 bits per heavy atom. The number of carbonyl (C=O) groups is 2. The van der Waals surface area contributed by atoms with Crippen LogP contribution in [-0.4, -0.2) is 54.0 Å². The van der Waals surface area contributed by atoms with E-state index in [1.165, 1.54) is 4.90 Å². The Labute approximate surface area is 102 Å². The lowest BCUT2D eigenvalue weighted by Crippen LogP contribution is -2.54. The van der Waals surface area contributed by atoms with Crippen molar-refractivity contribution >= 4 is 11.9 Å². The van der Waals surface area contributed by atoms with Gasteiger partial charge in [0.15, 0.2) is 0 Å². The first-order valence-electron chi connectivity index (χ1n) is 6.29. The summed E-state index contributed by atoms with van der Waals surface area (Å²) in [6.45, 7) is 6.18. The maximum atomic E-state index is 12.5. The topological polar surface area (TPSA) is 52.7 Å². The Hall–Kier alpha value is -1.10. The van der Waals surface area contributed by atoms with Crippen LogP contribution in [0.25, 0.3) is 0 Å². The van der Waals surface area contributed by atoms with Crippen molar-refractivity contribution in [3.05, 3.63) is 0 Å². The lowest BCUT2D eigenvalue weighted by atomic mass is 9.87. The molecule has 5 heteroatoms. The number of hydrogen-bond acceptors (Lipinski definition) is 3. The average molecular weight is 239 g/mol. The highest BCUT2D eigenvalue weighted by atomic mass is 16.2. The number of rotatable bonds is 2. The molecule has 0 saturated carbocycles. The molecule has 1 spiro atoms. The van der Waals surface area contributed by atoms with Gasteiger partial charge in [0, 0.05) is 13.6 Å². The predicted molar refractivity (Wildman–Crippen MR) is 64.5 cm³/mol. The highest BCUT2D eigenvalue weighted by Gasteiger charge is 2.55. The minimum absolute atomic E-state index is 0.000185. The zero-order valence-electron chi connectivity index (χ0n) is 10.8. The number of hydrogen-bond donors (Lipinski definition) is 1. The van der Waals surface area contributed by atoms with Gasteiger partial charge in [0.2, 0.25) is 0 Å². The van der Waals surface area contributed by atoms with Gasteiger partial charge >= 0.3 is 6.03 Å². The van der Waals surface area contributed by atoms with Crippen LogP contribution in [0.5, 0.6) is 0 Å². The van der Waals surface area contributed by atoms with Crippen LogP contribution in [-0.2, 0) is 4.79 Å². The highest BCUT2D eigenvalue weighted by Crippen LogP contribution is 2.34. The molecule has 5 nitrogen and oxygen atoms in total. The van der Waals surface area contributed by atoms with Crippen LogP contribution < -0.4 is 5.32 Å². The number of amides is 3. The molecule has 2 aliphatic heterocycles. The van der Waals surface area contributed by atoms with Crippen LogP contribution in [0.15, 0.2) is 0 Å². The molecule has 2 fully saturated rings. The molecule has 3 amide bonds. The molecule has 0 atom stereocenters. The summed E-state index contributed by atoms with van der Waals surface area (Å²) in [6.07, 6.45) is 1.45. The van der Waals surface area contributed by atoms with E-state index in [2.05, 4.69) is 5.32 Å². The Morgan fingerprint density at radius 2 is 1.88 bits per heavy atom. The molecule has 1 N–H and O–H groups in total. The number of urea groups is 1. The molecule has 2 aliphatic rings. The first-order valence-corrected chi connectivity index (χ1v) is 6.29. The fourth-order valence-corrected chi connectivity index (χ4v) is 2.76. The molecule has 96 valence electrons. The largest absolute Gasteiger partial charge is 0.327 e. The van der Waals surface area contributed by atoms with E-state index in [1.54, 1.807) is 11.9 Å². The van der Waals surface area contributed by atoms with E-state index in [4.69, 9.17) is 0 Å². The minimum Gasteiger partial charge on any atom is -0.317 e. The van der Waals surface area contributed by atoms with E-state index in [-0.39, 0.29) is 11.9 Å². The second-order valence-electron chi connectivity index (χ2n) is 5.43. The Bertz CT molecular complexity index is 335. The van der Waals surface area contributed by atoms with Gasteiger partial charge in [-0.3, -0.25) is 9.69 Å². The van der Waals surface area contributed by atoms with Gasteiger partial charge in [-0.2, -0.15) is 0 Å². The van der Waals surface area contributed by atoms with E-state index in [1.807, 2.05) is 13.8 Å². The van der Waals surface area contributed by atoms with Crippen LogP contribution in [0.1, 0.15) is 26.7 Å². The number of likely N-dealkylation sites (N-methyl/N-ethyl adjacent to an activating group) is 1. The number of nitrogens with one attached hydrogen (secondary N) is 1. The zero-order valence-corrected chi connectivity index (χ0v) is 10.8. The molecular weight excluding hydrogens is 218 g/mol. The zero-order chi connectivity index (χ0) is 12.6. The van der Waals surface area contributed by atoms with Gasteiger partial charge in [0.1, 0.15) is 5.54 Å². The predicted octanol–water partition coefficient (Wildman–Crippen LogP) is 0.659. The monoisotopic (exact) mass is 239 g/mol. The summed E-state index contributed by atoms with van der Waals surface area (Å²) in [5.74, 6) is 0.313. The molecule has 0 aliphatic carbocycles. The van der Waals surface area contributed by atoms with Gasteiger partial charge in [0.25, 0.3) is 5.91 Å². The van der Waals surface area contributed by atoms with Crippen molar-refractivity contribution in [2.75, 3.05) is 26.7 Å². The van der Waals surface area contributed by atoms with E-state index < -0.39 is 5.54 Å². The number of carbonyl (C=O) groups excluding carboxylic acids is 2. The molecular formula is C12H21N3O2. The van der Waals surface area contributed by atoms with Gasteiger partial charge in [0.05, 0.1) is 0 Å². The molecule has 17 heavy (non-hydrogen) atoms. The van der Waals surface area contributed by atoms with Crippen LogP contribution in [0, 0.1) is 5.92 Å². The standard InChI is InChI=1S/C12H21N3O2/c1-9(2)8-15-10(16)12(14(3)11(15)17)4-6-13-7-5-12/h9,13H,4-8H2,1-3H3. The van der Waals surface area contributed by atoms with Gasteiger partial charge in [-0.1, -0.05) is 13.8 Å². The maximum Gasteiger partial charge on any atom is 0.327 e. The van der Waals surface area contributed by atoms with Crippen LogP contribution in [0.4, 0.5) is 4.79 Å². The van der Waals surface area contributed by atoms with E-state index in [9.17, 15) is 9.59 Å². The van der Waals surface area contributed by atoms with E-state index in [0.717, 1.165) is 25.9 Å². The normalized spacial score (nSPS) is 24.2. The fraction of sp³-hybridized carbons (Fsp3) is 0.833. The summed E-state index contributed by atoms with van der Waals surface area (Å²) in [5.41, 5.74) is -0.572. The van der Waals surface area contributed by atoms with Crippen molar-refractivity contribution in [1.82, 2.24) is 15.1 Å². The lowest BCUT2D eigenvalue weighted by molar-refractivity contribution is -0.134. The van der Waals surface area contributed by atoms with Crippen molar-refractivity contribution in [3.63, 3.8) is 0 Å². The third-order valence-corrected chi connectivity index (χ3v) is 3.78. The Kier molecular flexibility index (Phi) is 3.12. The number of piperidine rings is 1. The number of nitrogens with zero attached hydrogens (tertiary/aromatic N) is 2. The van der Waals surface area contributed by atoms with Gasteiger partial charge < -0.3 is 10.2 Å². The van der Waals surface area contributed by atoms with Crippen LogP contribution >= 0.6 is 0 Å². The molecule has 0 aromatic rings. The summed E-state index contributed by atoms with van der Waals surface area (Å²) < 4.78 is 0. The second kappa shape index (κ2) is 4.29. The molecule has 2 rings (SSSR count). The van der Waals surface area contributed by atoms with Crippen LogP contribution in [0.3, 0.4) is 0 Å². The quantitative estimate of drug-likeness (QED) is 0.720.